The molecule has 1 atom stereocenters. The number of amides is 1. The van der Waals surface area contributed by atoms with Crippen LogP contribution in [-0.2, 0) is 4.79 Å². The SMILES string of the molecule is Cc1ccc(C(=O)N2CCCCC2CC(=O)O)c(=O)[nH]1. The van der Waals surface area contributed by atoms with Crippen LogP contribution in [-0.4, -0.2) is 39.5 Å². The van der Waals surface area contributed by atoms with Gasteiger partial charge in [0.2, 0.25) is 0 Å². The van der Waals surface area contributed by atoms with Crippen LogP contribution < -0.4 is 5.56 Å². The molecular formula is C14H18N2O4. The van der Waals surface area contributed by atoms with E-state index >= 15 is 0 Å². The number of aromatic amines is 1. The summed E-state index contributed by atoms with van der Waals surface area (Å²) in [5, 5.41) is 8.92. The number of pyridine rings is 1. The number of carboxylic acid groups (broad SMARTS) is 1. The standard InChI is InChI=1S/C14H18N2O4/c1-9-5-6-11(13(19)15-9)14(20)16-7-3-2-4-10(16)8-12(17)18/h5-6,10H,2-4,7-8H2,1H3,(H,15,19)(H,17,18). The predicted octanol–water partition coefficient (Wildman–Crippen LogP) is 1.15. The third-order valence-electron chi connectivity index (χ3n) is 3.58. The summed E-state index contributed by atoms with van der Waals surface area (Å²) >= 11 is 0. The highest BCUT2D eigenvalue weighted by atomic mass is 16.4. The van der Waals surface area contributed by atoms with Crippen LogP contribution in [0.15, 0.2) is 16.9 Å². The van der Waals surface area contributed by atoms with E-state index in [4.69, 9.17) is 5.11 Å². The zero-order valence-corrected chi connectivity index (χ0v) is 11.4. The number of carboxylic acids is 1. The summed E-state index contributed by atoms with van der Waals surface area (Å²) in [5.41, 5.74) is 0.342. The number of aromatic nitrogens is 1. The molecule has 0 bridgehead atoms. The van der Waals surface area contributed by atoms with Crippen LogP contribution in [0.3, 0.4) is 0 Å². The van der Waals surface area contributed by atoms with Gasteiger partial charge in [0.05, 0.1) is 6.42 Å². The Hall–Kier alpha value is -2.11. The van der Waals surface area contributed by atoms with E-state index in [-0.39, 0.29) is 23.9 Å². The second kappa shape index (κ2) is 5.90. The Kier molecular flexibility index (Phi) is 4.22. The van der Waals surface area contributed by atoms with Gasteiger partial charge in [0.15, 0.2) is 0 Å². The molecule has 1 unspecified atom stereocenters. The summed E-state index contributed by atoms with van der Waals surface area (Å²) < 4.78 is 0. The van der Waals surface area contributed by atoms with E-state index < -0.39 is 11.5 Å². The van der Waals surface area contributed by atoms with E-state index in [0.29, 0.717) is 18.7 Å². The van der Waals surface area contributed by atoms with E-state index in [1.165, 1.54) is 11.0 Å². The largest absolute Gasteiger partial charge is 0.481 e. The molecule has 1 fully saturated rings. The fourth-order valence-electron chi connectivity index (χ4n) is 2.58. The van der Waals surface area contributed by atoms with Gasteiger partial charge in [0.25, 0.3) is 11.5 Å². The Morgan fingerprint density at radius 3 is 2.80 bits per heavy atom. The normalized spacial score (nSPS) is 18.9. The lowest BCUT2D eigenvalue weighted by Gasteiger charge is -2.34. The van der Waals surface area contributed by atoms with Crippen LogP contribution in [0, 0.1) is 6.92 Å². The number of hydrogen-bond acceptors (Lipinski definition) is 3. The fraction of sp³-hybridized carbons (Fsp3) is 0.500. The average molecular weight is 278 g/mol. The molecule has 1 aromatic rings. The Morgan fingerprint density at radius 2 is 2.15 bits per heavy atom. The number of hydrogen-bond donors (Lipinski definition) is 2. The number of likely N-dealkylation sites (tertiary alicyclic amines) is 1. The van der Waals surface area contributed by atoms with E-state index in [1.54, 1.807) is 13.0 Å². The number of carbonyl (C=O) groups is 2. The number of carbonyl (C=O) groups excluding carboxylic acids is 1. The van der Waals surface area contributed by atoms with Crippen LogP contribution in [0.25, 0.3) is 0 Å². The predicted molar refractivity (Wildman–Crippen MR) is 72.7 cm³/mol. The number of nitrogens with zero attached hydrogens (tertiary/aromatic N) is 1. The zero-order valence-electron chi connectivity index (χ0n) is 11.4. The van der Waals surface area contributed by atoms with Gasteiger partial charge in [-0.2, -0.15) is 0 Å². The van der Waals surface area contributed by atoms with Crippen molar-refractivity contribution >= 4 is 11.9 Å². The van der Waals surface area contributed by atoms with Gasteiger partial charge in [-0.1, -0.05) is 0 Å². The van der Waals surface area contributed by atoms with E-state index in [9.17, 15) is 14.4 Å². The quantitative estimate of drug-likeness (QED) is 0.867. The van der Waals surface area contributed by atoms with Crippen LogP contribution >= 0.6 is 0 Å². The second-order valence-corrected chi connectivity index (χ2v) is 5.13. The zero-order chi connectivity index (χ0) is 14.7. The van der Waals surface area contributed by atoms with Crippen molar-refractivity contribution in [3.63, 3.8) is 0 Å². The van der Waals surface area contributed by atoms with Gasteiger partial charge < -0.3 is 15.0 Å². The lowest BCUT2D eigenvalue weighted by molar-refractivity contribution is -0.138. The van der Waals surface area contributed by atoms with Gasteiger partial charge in [0.1, 0.15) is 5.56 Å². The monoisotopic (exact) mass is 278 g/mol. The van der Waals surface area contributed by atoms with Gasteiger partial charge in [-0.15, -0.1) is 0 Å². The first-order valence-electron chi connectivity index (χ1n) is 6.71. The van der Waals surface area contributed by atoms with Gasteiger partial charge in [0, 0.05) is 18.3 Å². The molecule has 0 radical (unpaired) electrons. The molecule has 1 saturated heterocycles. The summed E-state index contributed by atoms with van der Waals surface area (Å²) in [6, 6.07) is 2.85. The maximum absolute atomic E-state index is 12.4. The van der Waals surface area contributed by atoms with Crippen molar-refractivity contribution in [2.75, 3.05) is 6.54 Å². The number of H-pyrrole nitrogens is 1. The third-order valence-corrected chi connectivity index (χ3v) is 3.58. The van der Waals surface area contributed by atoms with Crippen molar-refractivity contribution in [3.8, 4) is 0 Å². The molecule has 108 valence electrons. The lowest BCUT2D eigenvalue weighted by Crippen LogP contribution is -2.46. The number of aryl methyl sites for hydroxylation is 1. The fourth-order valence-corrected chi connectivity index (χ4v) is 2.58. The summed E-state index contributed by atoms with van der Waals surface area (Å²) in [5.74, 6) is -1.30. The van der Waals surface area contributed by atoms with Crippen molar-refractivity contribution in [3.05, 3.63) is 33.7 Å². The first-order chi connectivity index (χ1) is 9.49. The van der Waals surface area contributed by atoms with Crippen molar-refractivity contribution < 1.29 is 14.7 Å². The molecule has 0 saturated carbocycles. The molecule has 1 amide bonds. The highest BCUT2D eigenvalue weighted by molar-refractivity contribution is 5.94. The van der Waals surface area contributed by atoms with Crippen molar-refractivity contribution in [2.45, 2.75) is 38.6 Å². The van der Waals surface area contributed by atoms with E-state index in [0.717, 1.165) is 12.8 Å². The van der Waals surface area contributed by atoms with Gasteiger partial charge in [-0.25, -0.2) is 0 Å². The molecule has 6 heteroatoms. The Labute approximate surface area is 116 Å². The van der Waals surface area contributed by atoms with Crippen LogP contribution in [0.2, 0.25) is 0 Å². The van der Waals surface area contributed by atoms with E-state index in [1.807, 2.05) is 0 Å². The third kappa shape index (κ3) is 3.07. The molecule has 20 heavy (non-hydrogen) atoms. The molecule has 2 rings (SSSR count). The molecule has 0 aliphatic carbocycles. The highest BCUT2D eigenvalue weighted by Crippen LogP contribution is 2.21. The van der Waals surface area contributed by atoms with Crippen molar-refractivity contribution in [1.82, 2.24) is 9.88 Å². The Bertz CT molecular complexity index is 579. The molecule has 6 nitrogen and oxygen atoms in total. The summed E-state index contributed by atoms with van der Waals surface area (Å²) in [4.78, 5) is 39.3. The Balaban J connectivity index is 2.25. The first-order valence-corrected chi connectivity index (χ1v) is 6.71. The number of piperidine rings is 1. The van der Waals surface area contributed by atoms with Crippen LogP contribution in [0.4, 0.5) is 0 Å². The minimum Gasteiger partial charge on any atom is -0.481 e. The van der Waals surface area contributed by atoms with Gasteiger partial charge in [-0.3, -0.25) is 14.4 Å². The molecule has 0 spiro atoms. The molecule has 0 aromatic carbocycles. The average Bonchev–Trinajstić information content (AvgIpc) is 2.38. The smallest absolute Gasteiger partial charge is 0.305 e. The van der Waals surface area contributed by atoms with Crippen LogP contribution in [0.1, 0.15) is 41.7 Å². The molecule has 1 aliphatic rings. The summed E-state index contributed by atoms with van der Waals surface area (Å²) in [6.07, 6.45) is 2.34. The van der Waals surface area contributed by atoms with Gasteiger partial charge in [-0.05, 0) is 38.3 Å². The topological polar surface area (TPSA) is 90.5 Å². The van der Waals surface area contributed by atoms with E-state index in [2.05, 4.69) is 4.98 Å². The lowest BCUT2D eigenvalue weighted by atomic mass is 9.98. The minimum atomic E-state index is -0.924. The maximum Gasteiger partial charge on any atom is 0.305 e. The molecule has 1 aliphatic heterocycles. The molecule has 2 N–H and O–H groups in total. The number of rotatable bonds is 3. The van der Waals surface area contributed by atoms with Gasteiger partial charge >= 0.3 is 5.97 Å². The molecule has 2 heterocycles. The summed E-state index contributed by atoms with van der Waals surface area (Å²) in [7, 11) is 0. The van der Waals surface area contributed by atoms with Crippen molar-refractivity contribution in [2.24, 2.45) is 0 Å². The molecule has 1 aromatic heterocycles. The van der Waals surface area contributed by atoms with Crippen molar-refractivity contribution in [1.29, 1.82) is 0 Å². The number of nitrogens with one attached hydrogen (secondary N) is 1. The summed E-state index contributed by atoms with van der Waals surface area (Å²) in [6.45, 7) is 2.24. The second-order valence-electron chi connectivity index (χ2n) is 5.13. The molecular weight excluding hydrogens is 260 g/mol. The van der Waals surface area contributed by atoms with Crippen LogP contribution in [0.5, 0.6) is 0 Å². The first kappa shape index (κ1) is 14.3. The maximum atomic E-state index is 12.4. The highest BCUT2D eigenvalue weighted by Gasteiger charge is 2.30. The Morgan fingerprint density at radius 1 is 1.40 bits per heavy atom. The minimum absolute atomic E-state index is 0.0739. The number of aliphatic carboxylic acids is 1.